The molecule has 1 aromatic rings. The number of aliphatic hydroxyl groups is 1. The first-order chi connectivity index (χ1) is 9.19. The number of hydrogen-bond acceptors (Lipinski definition) is 4. The summed E-state index contributed by atoms with van der Waals surface area (Å²) in [5, 5.41) is 12.6. The van der Waals surface area contributed by atoms with E-state index in [-0.39, 0.29) is 6.10 Å². The average molecular weight is 267 g/mol. The molecule has 0 saturated carbocycles. The molecule has 0 spiro atoms. The van der Waals surface area contributed by atoms with Gasteiger partial charge in [0.2, 0.25) is 0 Å². The molecule has 19 heavy (non-hydrogen) atoms. The lowest BCUT2D eigenvalue weighted by Crippen LogP contribution is -2.14. The zero-order valence-electron chi connectivity index (χ0n) is 12.1. The quantitative estimate of drug-likeness (QED) is 0.721. The molecule has 0 radical (unpaired) electrons. The summed E-state index contributed by atoms with van der Waals surface area (Å²) in [5.74, 6) is 1.55. The van der Waals surface area contributed by atoms with Gasteiger partial charge in [-0.05, 0) is 26.5 Å². The largest absolute Gasteiger partial charge is 0.490 e. The summed E-state index contributed by atoms with van der Waals surface area (Å²) >= 11 is 0. The minimum Gasteiger partial charge on any atom is -0.490 e. The molecule has 0 aliphatic heterocycles. The summed E-state index contributed by atoms with van der Waals surface area (Å²) in [5.41, 5.74) is 1.08. The Morgan fingerprint density at radius 3 is 2.68 bits per heavy atom. The van der Waals surface area contributed by atoms with Crippen LogP contribution in [0.5, 0.6) is 11.5 Å². The van der Waals surface area contributed by atoms with Crippen LogP contribution in [0, 0.1) is 0 Å². The molecular weight excluding hydrogens is 242 g/mol. The minimum absolute atomic E-state index is 0.350. The molecule has 0 aliphatic carbocycles. The molecule has 0 aromatic heterocycles. The topological polar surface area (TPSA) is 50.7 Å². The maximum Gasteiger partial charge on any atom is 0.165 e. The van der Waals surface area contributed by atoms with Crippen LogP contribution in [0.1, 0.15) is 32.8 Å². The van der Waals surface area contributed by atoms with Gasteiger partial charge in [0.05, 0.1) is 19.3 Å². The Bertz CT molecular complexity index is 366. The van der Waals surface area contributed by atoms with Crippen LogP contribution < -0.4 is 14.8 Å². The molecule has 1 rings (SSSR count). The Morgan fingerprint density at radius 1 is 1.26 bits per heavy atom. The molecular formula is C15H25NO3. The van der Waals surface area contributed by atoms with Crippen molar-refractivity contribution in [1.82, 2.24) is 5.32 Å². The third-order valence-electron chi connectivity index (χ3n) is 2.71. The van der Waals surface area contributed by atoms with Gasteiger partial charge >= 0.3 is 0 Å². The second-order valence-electron chi connectivity index (χ2n) is 4.44. The van der Waals surface area contributed by atoms with Crippen LogP contribution in [0.4, 0.5) is 0 Å². The lowest BCUT2D eigenvalue weighted by Gasteiger charge is -2.16. The molecule has 0 bridgehead atoms. The Labute approximate surface area is 115 Å². The first-order valence-corrected chi connectivity index (χ1v) is 6.95. The predicted molar refractivity (Wildman–Crippen MR) is 76.8 cm³/mol. The molecule has 1 aromatic carbocycles. The normalized spacial score (nSPS) is 12.2. The summed E-state index contributed by atoms with van der Waals surface area (Å²) in [6.07, 6.45) is 0.262. The molecule has 2 N–H and O–H groups in total. The third kappa shape index (κ3) is 5.49. The van der Waals surface area contributed by atoms with E-state index in [1.54, 1.807) is 6.92 Å². The molecule has 0 heterocycles. The van der Waals surface area contributed by atoms with Gasteiger partial charge < -0.3 is 19.9 Å². The SMILES string of the molecule is CCNCc1cccc(OCC)c1OCCC(C)O. The Morgan fingerprint density at radius 2 is 2.05 bits per heavy atom. The first-order valence-electron chi connectivity index (χ1n) is 6.95. The van der Waals surface area contributed by atoms with Gasteiger partial charge in [-0.25, -0.2) is 0 Å². The summed E-state index contributed by atoms with van der Waals surface area (Å²) in [6.45, 7) is 8.54. The zero-order chi connectivity index (χ0) is 14.1. The van der Waals surface area contributed by atoms with E-state index >= 15 is 0 Å². The lowest BCUT2D eigenvalue weighted by atomic mass is 10.2. The molecule has 1 unspecified atom stereocenters. The highest BCUT2D eigenvalue weighted by molar-refractivity contribution is 5.46. The fourth-order valence-electron chi connectivity index (χ4n) is 1.72. The maximum absolute atomic E-state index is 9.29. The third-order valence-corrected chi connectivity index (χ3v) is 2.71. The van der Waals surface area contributed by atoms with Crippen LogP contribution in [0.15, 0.2) is 18.2 Å². The van der Waals surface area contributed by atoms with Crippen molar-refractivity contribution in [2.24, 2.45) is 0 Å². The van der Waals surface area contributed by atoms with Crippen LogP contribution in [0.25, 0.3) is 0 Å². The second-order valence-corrected chi connectivity index (χ2v) is 4.44. The summed E-state index contributed by atoms with van der Waals surface area (Å²) in [6, 6.07) is 5.92. The standard InChI is InChI=1S/C15H25NO3/c1-4-16-11-13-7-6-8-14(18-5-2)15(13)19-10-9-12(3)17/h6-8,12,16-17H,4-5,9-11H2,1-3H3. The molecule has 0 saturated heterocycles. The average Bonchev–Trinajstić information content (AvgIpc) is 2.38. The van der Waals surface area contributed by atoms with Crippen molar-refractivity contribution in [2.45, 2.75) is 39.8 Å². The minimum atomic E-state index is -0.350. The van der Waals surface area contributed by atoms with Gasteiger partial charge in [0.25, 0.3) is 0 Å². The molecule has 0 fully saturated rings. The van der Waals surface area contributed by atoms with Crippen molar-refractivity contribution >= 4 is 0 Å². The van der Waals surface area contributed by atoms with Crippen LogP contribution >= 0.6 is 0 Å². The maximum atomic E-state index is 9.29. The number of benzene rings is 1. The van der Waals surface area contributed by atoms with Gasteiger partial charge in [0, 0.05) is 18.5 Å². The van der Waals surface area contributed by atoms with Crippen LogP contribution in [-0.2, 0) is 6.54 Å². The Balaban J connectivity index is 2.80. The molecule has 0 amide bonds. The van der Waals surface area contributed by atoms with Crippen molar-refractivity contribution in [1.29, 1.82) is 0 Å². The van der Waals surface area contributed by atoms with E-state index < -0.39 is 0 Å². The van der Waals surface area contributed by atoms with Gasteiger partial charge in [-0.2, -0.15) is 0 Å². The number of para-hydroxylation sites is 1. The zero-order valence-corrected chi connectivity index (χ0v) is 12.1. The van der Waals surface area contributed by atoms with E-state index in [1.165, 1.54) is 0 Å². The van der Waals surface area contributed by atoms with E-state index in [4.69, 9.17) is 9.47 Å². The van der Waals surface area contributed by atoms with Crippen molar-refractivity contribution < 1.29 is 14.6 Å². The highest BCUT2D eigenvalue weighted by atomic mass is 16.5. The first kappa shape index (κ1) is 15.8. The molecule has 0 aliphatic rings. The van der Waals surface area contributed by atoms with Crippen LogP contribution in [0.3, 0.4) is 0 Å². The van der Waals surface area contributed by atoms with E-state index in [0.29, 0.717) is 19.6 Å². The predicted octanol–water partition coefficient (Wildman–Crippen LogP) is 2.34. The van der Waals surface area contributed by atoms with Crippen LogP contribution in [0.2, 0.25) is 0 Å². The summed E-state index contributed by atoms with van der Waals surface area (Å²) in [4.78, 5) is 0. The number of hydrogen-bond donors (Lipinski definition) is 2. The fraction of sp³-hybridized carbons (Fsp3) is 0.600. The van der Waals surface area contributed by atoms with Gasteiger partial charge in [-0.15, -0.1) is 0 Å². The second kappa shape index (κ2) is 8.77. The monoisotopic (exact) mass is 267 g/mol. The Hall–Kier alpha value is -1.26. The van der Waals surface area contributed by atoms with Crippen molar-refractivity contribution in [3.05, 3.63) is 23.8 Å². The molecule has 4 nitrogen and oxygen atoms in total. The van der Waals surface area contributed by atoms with Gasteiger partial charge in [0.1, 0.15) is 0 Å². The number of nitrogens with one attached hydrogen (secondary N) is 1. The van der Waals surface area contributed by atoms with Gasteiger partial charge in [0.15, 0.2) is 11.5 Å². The number of rotatable bonds is 9. The summed E-state index contributed by atoms with van der Waals surface area (Å²) < 4.78 is 11.4. The highest BCUT2D eigenvalue weighted by Gasteiger charge is 2.11. The van der Waals surface area contributed by atoms with Gasteiger partial charge in [-0.1, -0.05) is 19.1 Å². The molecule has 108 valence electrons. The van der Waals surface area contributed by atoms with E-state index in [9.17, 15) is 5.11 Å². The fourth-order valence-corrected chi connectivity index (χ4v) is 1.72. The molecule has 1 atom stereocenters. The summed E-state index contributed by atoms with van der Waals surface area (Å²) in [7, 11) is 0. The van der Waals surface area contributed by atoms with E-state index in [2.05, 4.69) is 12.2 Å². The molecule has 4 heteroatoms. The van der Waals surface area contributed by atoms with Gasteiger partial charge in [-0.3, -0.25) is 0 Å². The van der Waals surface area contributed by atoms with E-state index in [0.717, 1.165) is 30.2 Å². The smallest absolute Gasteiger partial charge is 0.165 e. The number of ether oxygens (including phenoxy) is 2. The van der Waals surface area contributed by atoms with Crippen molar-refractivity contribution in [3.8, 4) is 11.5 Å². The lowest BCUT2D eigenvalue weighted by molar-refractivity contribution is 0.153. The number of aliphatic hydroxyl groups excluding tert-OH is 1. The van der Waals surface area contributed by atoms with Crippen LogP contribution in [-0.4, -0.2) is 31.0 Å². The highest BCUT2D eigenvalue weighted by Crippen LogP contribution is 2.31. The van der Waals surface area contributed by atoms with E-state index in [1.807, 2.05) is 25.1 Å². The van der Waals surface area contributed by atoms with Crippen molar-refractivity contribution in [2.75, 3.05) is 19.8 Å². The Kier molecular flexibility index (Phi) is 7.30. The van der Waals surface area contributed by atoms with Crippen molar-refractivity contribution in [3.63, 3.8) is 0 Å².